The van der Waals surface area contributed by atoms with Crippen LogP contribution in [-0.4, -0.2) is 24.3 Å². The summed E-state index contributed by atoms with van der Waals surface area (Å²) < 4.78 is 5.38. The molecule has 0 radical (unpaired) electrons. The Bertz CT molecular complexity index is 396. The zero-order chi connectivity index (χ0) is 9.76. The third-order valence-electron chi connectivity index (χ3n) is 3.69. The summed E-state index contributed by atoms with van der Waals surface area (Å²) in [6, 6.07) is 1.96. The van der Waals surface area contributed by atoms with Gasteiger partial charge in [-0.3, -0.25) is 9.69 Å². The molecule has 74 valence electrons. The van der Waals surface area contributed by atoms with E-state index >= 15 is 0 Å². The Kier molecular flexibility index (Phi) is 1.46. The van der Waals surface area contributed by atoms with E-state index in [0.29, 0.717) is 12.2 Å². The maximum atomic E-state index is 12.0. The predicted molar refractivity (Wildman–Crippen MR) is 51.0 cm³/mol. The van der Waals surface area contributed by atoms with Crippen LogP contribution in [0.5, 0.6) is 0 Å². The van der Waals surface area contributed by atoms with Crippen LogP contribution in [0.1, 0.15) is 24.2 Å². The van der Waals surface area contributed by atoms with Gasteiger partial charge in [-0.25, -0.2) is 0 Å². The number of aryl methyl sites for hydroxylation is 1. The van der Waals surface area contributed by atoms with Gasteiger partial charge in [-0.1, -0.05) is 0 Å². The molecule has 14 heavy (non-hydrogen) atoms. The van der Waals surface area contributed by atoms with Crippen molar-refractivity contribution in [1.29, 1.82) is 0 Å². The van der Waals surface area contributed by atoms with Gasteiger partial charge in [-0.15, -0.1) is 0 Å². The molecule has 1 unspecified atom stereocenters. The molecule has 1 aliphatic heterocycles. The summed E-state index contributed by atoms with van der Waals surface area (Å²) in [6.45, 7) is 0.878. The number of hydrogen-bond acceptors (Lipinski definition) is 3. The monoisotopic (exact) mass is 191 g/mol. The summed E-state index contributed by atoms with van der Waals surface area (Å²) in [5.74, 6) is 1.37. The van der Waals surface area contributed by atoms with Gasteiger partial charge in [-0.05, 0) is 19.5 Å². The number of Topliss-reactive ketones (excluding diaryl/α,β-unsaturated/α-hetero) is 1. The molecule has 0 aromatic carbocycles. The first-order valence-corrected chi connectivity index (χ1v) is 5.06. The highest BCUT2D eigenvalue weighted by Crippen LogP contribution is 2.45. The number of carbonyl (C=O) groups is 1. The predicted octanol–water partition coefficient (Wildman–Crippen LogP) is 1.33. The van der Waals surface area contributed by atoms with Crippen molar-refractivity contribution in [1.82, 2.24) is 4.90 Å². The topological polar surface area (TPSA) is 33.5 Å². The van der Waals surface area contributed by atoms with Gasteiger partial charge >= 0.3 is 0 Å². The van der Waals surface area contributed by atoms with Gasteiger partial charge in [0, 0.05) is 24.9 Å². The standard InChI is InChI=1S/C11H13NO2/c1-12-6-3-10(13)11(12)5-2-9-8(11)4-7-14-9/h4,7H,2-3,5-6H2,1H3. The maximum absolute atomic E-state index is 12.0. The lowest BCUT2D eigenvalue weighted by Gasteiger charge is -2.30. The molecule has 2 heterocycles. The molecule has 1 saturated heterocycles. The molecule has 1 aliphatic carbocycles. The molecular weight excluding hydrogens is 178 g/mol. The Morgan fingerprint density at radius 3 is 3.07 bits per heavy atom. The van der Waals surface area contributed by atoms with Gasteiger partial charge in [0.25, 0.3) is 0 Å². The number of rotatable bonds is 0. The zero-order valence-electron chi connectivity index (χ0n) is 8.25. The highest BCUT2D eigenvalue weighted by Gasteiger charge is 2.52. The zero-order valence-corrected chi connectivity index (χ0v) is 8.25. The molecule has 3 nitrogen and oxygen atoms in total. The Labute approximate surface area is 82.7 Å². The van der Waals surface area contributed by atoms with Crippen molar-refractivity contribution in [2.75, 3.05) is 13.6 Å². The summed E-state index contributed by atoms with van der Waals surface area (Å²) in [5, 5.41) is 0. The van der Waals surface area contributed by atoms with Crippen LogP contribution in [0.2, 0.25) is 0 Å². The second-order valence-corrected chi connectivity index (χ2v) is 4.21. The molecular formula is C11H13NO2. The number of hydrogen-bond donors (Lipinski definition) is 0. The van der Waals surface area contributed by atoms with Gasteiger partial charge in [0.1, 0.15) is 11.3 Å². The third-order valence-corrected chi connectivity index (χ3v) is 3.69. The minimum absolute atomic E-state index is 0.331. The summed E-state index contributed by atoms with van der Waals surface area (Å²) in [4.78, 5) is 14.2. The summed E-state index contributed by atoms with van der Waals surface area (Å²) in [7, 11) is 2.03. The first-order chi connectivity index (χ1) is 6.75. The molecule has 3 heteroatoms. The molecule has 0 amide bonds. The molecule has 3 rings (SSSR count). The molecule has 0 N–H and O–H groups in total. The van der Waals surface area contributed by atoms with Gasteiger partial charge < -0.3 is 4.42 Å². The summed E-state index contributed by atoms with van der Waals surface area (Å²) in [5.41, 5.74) is 0.782. The van der Waals surface area contributed by atoms with E-state index < -0.39 is 0 Å². The lowest BCUT2D eigenvalue weighted by molar-refractivity contribution is -0.125. The van der Waals surface area contributed by atoms with Crippen LogP contribution in [-0.2, 0) is 16.8 Å². The Morgan fingerprint density at radius 1 is 1.50 bits per heavy atom. The molecule has 1 spiro atoms. The quantitative estimate of drug-likeness (QED) is 0.620. The Balaban J connectivity index is 2.18. The number of likely N-dealkylation sites (N-methyl/N-ethyl adjacent to an activating group) is 1. The van der Waals surface area contributed by atoms with Crippen molar-refractivity contribution in [2.24, 2.45) is 0 Å². The summed E-state index contributed by atoms with van der Waals surface area (Å²) in [6.07, 6.45) is 4.18. The molecule has 0 bridgehead atoms. The SMILES string of the molecule is CN1CCC(=O)C12CCc1occc12. The number of nitrogens with zero attached hydrogens (tertiary/aromatic N) is 1. The number of ketones is 1. The first-order valence-electron chi connectivity index (χ1n) is 5.06. The number of fused-ring (bicyclic) bond motifs is 2. The Hall–Kier alpha value is -1.09. The minimum Gasteiger partial charge on any atom is -0.469 e. The van der Waals surface area contributed by atoms with Crippen LogP contribution in [0.4, 0.5) is 0 Å². The van der Waals surface area contributed by atoms with Crippen molar-refractivity contribution in [3.8, 4) is 0 Å². The highest BCUT2D eigenvalue weighted by atomic mass is 16.3. The smallest absolute Gasteiger partial charge is 0.159 e. The van der Waals surface area contributed by atoms with Crippen molar-refractivity contribution >= 4 is 5.78 Å². The number of furan rings is 1. The minimum atomic E-state index is -0.331. The molecule has 1 atom stereocenters. The fourth-order valence-corrected chi connectivity index (χ4v) is 2.90. The highest BCUT2D eigenvalue weighted by molar-refractivity contribution is 5.92. The van der Waals surface area contributed by atoms with E-state index in [1.54, 1.807) is 6.26 Å². The Morgan fingerprint density at radius 2 is 2.36 bits per heavy atom. The van der Waals surface area contributed by atoms with Crippen LogP contribution in [0.3, 0.4) is 0 Å². The second kappa shape index (κ2) is 2.48. The van der Waals surface area contributed by atoms with Crippen molar-refractivity contribution in [3.05, 3.63) is 23.7 Å². The van der Waals surface area contributed by atoms with Gasteiger partial charge in [0.15, 0.2) is 5.78 Å². The van der Waals surface area contributed by atoms with Gasteiger partial charge in [-0.2, -0.15) is 0 Å². The lowest BCUT2D eigenvalue weighted by Crippen LogP contribution is -2.41. The van der Waals surface area contributed by atoms with Crippen LogP contribution < -0.4 is 0 Å². The molecule has 1 aromatic heterocycles. The van der Waals surface area contributed by atoms with Crippen molar-refractivity contribution in [3.63, 3.8) is 0 Å². The van der Waals surface area contributed by atoms with Crippen LogP contribution >= 0.6 is 0 Å². The van der Waals surface area contributed by atoms with E-state index in [1.807, 2.05) is 13.1 Å². The lowest BCUT2D eigenvalue weighted by atomic mass is 9.89. The number of carbonyl (C=O) groups excluding carboxylic acids is 1. The van der Waals surface area contributed by atoms with Gasteiger partial charge in [0.2, 0.25) is 0 Å². The molecule has 2 aliphatic rings. The average Bonchev–Trinajstić information content (AvgIpc) is 2.78. The first kappa shape index (κ1) is 8.24. The number of likely N-dealkylation sites (tertiary alicyclic amines) is 1. The van der Waals surface area contributed by atoms with E-state index in [1.165, 1.54) is 0 Å². The average molecular weight is 191 g/mol. The van der Waals surface area contributed by atoms with Gasteiger partial charge in [0.05, 0.1) is 6.26 Å². The maximum Gasteiger partial charge on any atom is 0.159 e. The van der Waals surface area contributed by atoms with E-state index in [9.17, 15) is 4.79 Å². The normalized spacial score (nSPS) is 31.6. The molecule has 0 saturated carbocycles. The van der Waals surface area contributed by atoms with Crippen LogP contribution in [0, 0.1) is 0 Å². The van der Waals surface area contributed by atoms with E-state index in [0.717, 1.165) is 30.7 Å². The van der Waals surface area contributed by atoms with Crippen LogP contribution in [0.25, 0.3) is 0 Å². The molecule has 1 fully saturated rings. The van der Waals surface area contributed by atoms with E-state index in [4.69, 9.17) is 4.42 Å². The van der Waals surface area contributed by atoms with E-state index in [2.05, 4.69) is 4.90 Å². The third kappa shape index (κ3) is 0.746. The van der Waals surface area contributed by atoms with Crippen molar-refractivity contribution in [2.45, 2.75) is 24.8 Å². The second-order valence-electron chi connectivity index (χ2n) is 4.21. The molecule has 1 aromatic rings. The fourth-order valence-electron chi connectivity index (χ4n) is 2.90. The van der Waals surface area contributed by atoms with Crippen molar-refractivity contribution < 1.29 is 9.21 Å². The largest absolute Gasteiger partial charge is 0.469 e. The van der Waals surface area contributed by atoms with E-state index in [-0.39, 0.29) is 5.54 Å². The summed E-state index contributed by atoms with van der Waals surface area (Å²) >= 11 is 0. The fraction of sp³-hybridized carbons (Fsp3) is 0.545. The van der Waals surface area contributed by atoms with Crippen LogP contribution in [0.15, 0.2) is 16.7 Å².